The van der Waals surface area contributed by atoms with Gasteiger partial charge in [-0.05, 0) is 48.2 Å². The molecule has 1 aliphatic heterocycles. The van der Waals surface area contributed by atoms with Gasteiger partial charge in [-0.15, -0.1) is 0 Å². The summed E-state index contributed by atoms with van der Waals surface area (Å²) in [5.74, 6) is -0.169. The average Bonchev–Trinajstić information content (AvgIpc) is 2.79. The van der Waals surface area contributed by atoms with E-state index in [1.165, 1.54) is 34.4 Å². The summed E-state index contributed by atoms with van der Waals surface area (Å²) in [6, 6.07) is 23.7. The summed E-state index contributed by atoms with van der Waals surface area (Å²) in [6.45, 7) is 7.36. The van der Waals surface area contributed by atoms with Crippen LogP contribution in [0.1, 0.15) is 33.9 Å². The molecule has 0 aliphatic carbocycles. The molecule has 3 aromatic carbocycles. The van der Waals surface area contributed by atoms with E-state index in [4.69, 9.17) is 0 Å². The molecule has 0 spiro atoms. The Labute approximate surface area is 184 Å². The van der Waals surface area contributed by atoms with Gasteiger partial charge < -0.3 is 4.90 Å². The summed E-state index contributed by atoms with van der Waals surface area (Å²) in [4.78, 5) is 17.2. The first kappa shape index (κ1) is 21.3. The highest BCUT2D eigenvalue weighted by atomic mass is 19.1. The SMILES string of the molecule is Cc1ccc(C)c([C@@H](c2ccccc2)N2CCN(C(=O)Cc3ccc(F)cc3)CC2)c1. The molecule has 0 aromatic heterocycles. The van der Waals surface area contributed by atoms with Gasteiger partial charge in [-0.3, -0.25) is 9.69 Å². The van der Waals surface area contributed by atoms with Gasteiger partial charge in [-0.25, -0.2) is 4.39 Å². The van der Waals surface area contributed by atoms with E-state index in [0.717, 1.165) is 18.7 Å². The van der Waals surface area contributed by atoms with Crippen LogP contribution in [0.4, 0.5) is 4.39 Å². The largest absolute Gasteiger partial charge is 0.340 e. The first-order chi connectivity index (χ1) is 15.0. The van der Waals surface area contributed by atoms with Crippen LogP contribution in [0, 0.1) is 19.7 Å². The van der Waals surface area contributed by atoms with Gasteiger partial charge in [0.05, 0.1) is 12.5 Å². The van der Waals surface area contributed by atoms with E-state index in [0.29, 0.717) is 19.5 Å². The van der Waals surface area contributed by atoms with E-state index in [1.807, 2.05) is 4.90 Å². The maximum absolute atomic E-state index is 13.1. The number of carbonyl (C=O) groups is 1. The Bertz CT molecular complexity index is 1020. The number of benzene rings is 3. The molecule has 4 rings (SSSR count). The second kappa shape index (κ2) is 9.44. The van der Waals surface area contributed by atoms with Gasteiger partial charge in [0.1, 0.15) is 5.82 Å². The molecular weight excluding hydrogens is 387 g/mol. The number of piperazine rings is 1. The van der Waals surface area contributed by atoms with Crippen LogP contribution in [0.2, 0.25) is 0 Å². The highest BCUT2D eigenvalue weighted by molar-refractivity contribution is 5.78. The predicted molar refractivity (Wildman–Crippen MR) is 122 cm³/mol. The fourth-order valence-corrected chi connectivity index (χ4v) is 4.40. The number of hydrogen-bond acceptors (Lipinski definition) is 2. The van der Waals surface area contributed by atoms with Crippen molar-refractivity contribution in [3.63, 3.8) is 0 Å². The van der Waals surface area contributed by atoms with Gasteiger partial charge in [0.15, 0.2) is 0 Å². The normalized spacial score (nSPS) is 15.6. The third kappa shape index (κ3) is 5.02. The first-order valence-corrected chi connectivity index (χ1v) is 10.9. The highest BCUT2D eigenvalue weighted by Gasteiger charge is 2.29. The molecule has 0 bridgehead atoms. The maximum atomic E-state index is 13.1. The monoisotopic (exact) mass is 416 g/mol. The Morgan fingerprint density at radius 1 is 0.903 bits per heavy atom. The van der Waals surface area contributed by atoms with Crippen LogP contribution in [0.25, 0.3) is 0 Å². The lowest BCUT2D eigenvalue weighted by Gasteiger charge is -2.40. The van der Waals surface area contributed by atoms with Gasteiger partial charge in [0, 0.05) is 26.2 Å². The standard InChI is InChI=1S/C27H29FN2O/c1-20-8-9-21(2)25(18-20)27(23-6-4-3-5-7-23)30-16-14-29(15-17-30)26(31)19-22-10-12-24(28)13-11-22/h3-13,18,27H,14-17,19H2,1-2H3/t27-/m1/s1. The van der Waals surface area contributed by atoms with E-state index in [-0.39, 0.29) is 17.8 Å². The number of hydrogen-bond donors (Lipinski definition) is 0. The van der Waals surface area contributed by atoms with Crippen LogP contribution in [-0.2, 0) is 11.2 Å². The summed E-state index contributed by atoms with van der Waals surface area (Å²) in [7, 11) is 0. The summed E-state index contributed by atoms with van der Waals surface area (Å²) >= 11 is 0. The Balaban J connectivity index is 1.49. The lowest BCUT2D eigenvalue weighted by atomic mass is 9.92. The maximum Gasteiger partial charge on any atom is 0.227 e. The molecule has 4 heteroatoms. The second-order valence-corrected chi connectivity index (χ2v) is 8.39. The van der Waals surface area contributed by atoms with Crippen molar-refractivity contribution < 1.29 is 9.18 Å². The molecule has 1 atom stereocenters. The summed E-state index contributed by atoms with van der Waals surface area (Å²) < 4.78 is 13.1. The lowest BCUT2D eigenvalue weighted by Crippen LogP contribution is -2.50. The third-order valence-electron chi connectivity index (χ3n) is 6.15. The summed E-state index contributed by atoms with van der Waals surface area (Å²) in [6.07, 6.45) is 0.319. The smallest absolute Gasteiger partial charge is 0.227 e. The topological polar surface area (TPSA) is 23.6 Å². The number of nitrogens with zero attached hydrogens (tertiary/aromatic N) is 2. The molecule has 3 nitrogen and oxygen atoms in total. The molecule has 3 aromatic rings. The summed E-state index contributed by atoms with van der Waals surface area (Å²) in [5.41, 5.74) is 6.01. The van der Waals surface area contributed by atoms with E-state index in [9.17, 15) is 9.18 Å². The number of amides is 1. The Kier molecular flexibility index (Phi) is 6.47. The first-order valence-electron chi connectivity index (χ1n) is 10.9. The number of halogens is 1. The zero-order chi connectivity index (χ0) is 21.8. The summed E-state index contributed by atoms with van der Waals surface area (Å²) in [5, 5.41) is 0. The molecule has 0 N–H and O–H groups in total. The minimum atomic E-state index is -0.275. The number of rotatable bonds is 5. The lowest BCUT2D eigenvalue weighted by molar-refractivity contribution is -0.132. The number of carbonyl (C=O) groups excluding carboxylic acids is 1. The molecule has 31 heavy (non-hydrogen) atoms. The van der Waals surface area contributed by atoms with Crippen molar-refractivity contribution in [2.45, 2.75) is 26.3 Å². The molecule has 0 saturated carbocycles. The van der Waals surface area contributed by atoms with Gasteiger partial charge in [-0.1, -0.05) is 66.2 Å². The molecule has 1 fully saturated rings. The van der Waals surface area contributed by atoms with Crippen molar-refractivity contribution in [1.82, 2.24) is 9.80 Å². The minimum Gasteiger partial charge on any atom is -0.340 e. The molecule has 160 valence electrons. The van der Waals surface area contributed by atoms with E-state index in [1.54, 1.807) is 12.1 Å². The van der Waals surface area contributed by atoms with Gasteiger partial charge in [0.25, 0.3) is 0 Å². The van der Waals surface area contributed by atoms with Crippen LogP contribution in [-0.4, -0.2) is 41.9 Å². The molecule has 1 amide bonds. The van der Waals surface area contributed by atoms with E-state index >= 15 is 0 Å². The van der Waals surface area contributed by atoms with Crippen LogP contribution in [0.15, 0.2) is 72.8 Å². The van der Waals surface area contributed by atoms with Crippen LogP contribution in [0.3, 0.4) is 0 Å². The van der Waals surface area contributed by atoms with E-state index < -0.39 is 0 Å². The minimum absolute atomic E-state index is 0.106. The molecule has 1 heterocycles. The fraction of sp³-hybridized carbons (Fsp3) is 0.296. The fourth-order valence-electron chi connectivity index (χ4n) is 4.40. The quantitative estimate of drug-likeness (QED) is 0.590. The van der Waals surface area contributed by atoms with E-state index in [2.05, 4.69) is 67.3 Å². The van der Waals surface area contributed by atoms with Gasteiger partial charge >= 0.3 is 0 Å². The average molecular weight is 417 g/mol. The van der Waals surface area contributed by atoms with Crippen molar-refractivity contribution in [1.29, 1.82) is 0 Å². The Hall–Kier alpha value is -2.98. The van der Waals surface area contributed by atoms with Crippen LogP contribution >= 0.6 is 0 Å². The van der Waals surface area contributed by atoms with Crippen molar-refractivity contribution in [3.05, 3.63) is 106 Å². The van der Waals surface area contributed by atoms with Crippen molar-refractivity contribution in [2.24, 2.45) is 0 Å². The molecular formula is C27H29FN2O. The van der Waals surface area contributed by atoms with Crippen molar-refractivity contribution >= 4 is 5.91 Å². The predicted octanol–water partition coefficient (Wildman–Crippen LogP) is 4.92. The molecule has 1 aliphatic rings. The molecule has 0 unspecified atom stereocenters. The van der Waals surface area contributed by atoms with Crippen molar-refractivity contribution in [3.8, 4) is 0 Å². The Morgan fingerprint density at radius 2 is 1.58 bits per heavy atom. The van der Waals surface area contributed by atoms with Gasteiger partial charge in [-0.2, -0.15) is 0 Å². The highest BCUT2D eigenvalue weighted by Crippen LogP contribution is 2.32. The Morgan fingerprint density at radius 3 is 2.26 bits per heavy atom. The number of aryl methyl sites for hydroxylation is 2. The third-order valence-corrected chi connectivity index (χ3v) is 6.15. The second-order valence-electron chi connectivity index (χ2n) is 8.39. The molecule has 0 radical (unpaired) electrons. The van der Waals surface area contributed by atoms with Crippen LogP contribution in [0.5, 0.6) is 0 Å². The van der Waals surface area contributed by atoms with Crippen molar-refractivity contribution in [2.75, 3.05) is 26.2 Å². The zero-order valence-corrected chi connectivity index (χ0v) is 18.2. The zero-order valence-electron chi connectivity index (χ0n) is 18.2. The molecule has 1 saturated heterocycles. The van der Waals surface area contributed by atoms with Crippen LogP contribution < -0.4 is 0 Å². The van der Waals surface area contributed by atoms with Gasteiger partial charge in [0.2, 0.25) is 5.91 Å².